The van der Waals surface area contributed by atoms with E-state index in [2.05, 4.69) is 10.6 Å². The number of methoxy groups -OCH3 is 1. The molecule has 1 aliphatic rings. The molecule has 1 aromatic heterocycles. The molecule has 1 saturated heterocycles. The number of rotatable bonds is 7. The molecule has 1 atom stereocenters. The van der Waals surface area contributed by atoms with Crippen molar-refractivity contribution in [3.8, 4) is 5.75 Å². The molecule has 2 aromatic carbocycles. The van der Waals surface area contributed by atoms with Crippen molar-refractivity contribution in [3.05, 3.63) is 72.7 Å². The maximum Gasteiger partial charge on any atom is 0.229 e. The van der Waals surface area contributed by atoms with Crippen LogP contribution in [0.2, 0.25) is 0 Å². The first-order chi connectivity index (χ1) is 14.6. The first-order valence-electron chi connectivity index (χ1n) is 9.73. The summed E-state index contributed by atoms with van der Waals surface area (Å²) in [6.07, 6.45) is 1.79. The van der Waals surface area contributed by atoms with E-state index in [1.807, 2.05) is 54.6 Å². The Kier molecular flexibility index (Phi) is 5.70. The van der Waals surface area contributed by atoms with Gasteiger partial charge in [-0.05, 0) is 60.7 Å². The number of hydrogen-bond acceptors (Lipinski definition) is 5. The van der Waals surface area contributed by atoms with E-state index in [1.54, 1.807) is 24.3 Å². The lowest BCUT2D eigenvalue weighted by atomic mass is 10.1. The number of amides is 2. The van der Waals surface area contributed by atoms with Crippen LogP contribution < -0.4 is 15.4 Å². The van der Waals surface area contributed by atoms with Gasteiger partial charge in [-0.1, -0.05) is 0 Å². The maximum absolute atomic E-state index is 12.6. The van der Waals surface area contributed by atoms with Crippen LogP contribution in [0.1, 0.15) is 12.2 Å². The van der Waals surface area contributed by atoms with Crippen LogP contribution in [0, 0.1) is 5.92 Å². The molecule has 30 heavy (non-hydrogen) atoms. The zero-order valence-electron chi connectivity index (χ0n) is 16.6. The third-order valence-corrected chi connectivity index (χ3v) is 5.04. The van der Waals surface area contributed by atoms with Crippen LogP contribution in [0.4, 0.5) is 17.1 Å². The van der Waals surface area contributed by atoms with Crippen molar-refractivity contribution < 1.29 is 18.7 Å². The van der Waals surface area contributed by atoms with Gasteiger partial charge in [-0.15, -0.1) is 0 Å². The predicted octanol–water partition coefficient (Wildman–Crippen LogP) is 4.02. The second-order valence-corrected chi connectivity index (χ2v) is 7.17. The second kappa shape index (κ2) is 8.73. The first kappa shape index (κ1) is 19.6. The molecule has 0 radical (unpaired) electrons. The molecular formula is C23H23N3O4. The molecule has 1 aliphatic heterocycles. The molecule has 4 rings (SSSR count). The molecule has 7 heteroatoms. The van der Waals surface area contributed by atoms with Gasteiger partial charge >= 0.3 is 0 Å². The maximum atomic E-state index is 12.6. The Hall–Kier alpha value is -3.74. The Labute approximate surface area is 174 Å². The lowest BCUT2D eigenvalue weighted by Crippen LogP contribution is -2.27. The van der Waals surface area contributed by atoms with Crippen molar-refractivity contribution >= 4 is 28.9 Å². The number of ether oxygens (including phenoxy) is 1. The van der Waals surface area contributed by atoms with Crippen molar-refractivity contribution in [2.75, 3.05) is 24.3 Å². The van der Waals surface area contributed by atoms with E-state index >= 15 is 0 Å². The van der Waals surface area contributed by atoms with Gasteiger partial charge < -0.3 is 24.7 Å². The first-order valence-corrected chi connectivity index (χ1v) is 9.73. The standard InChI is InChI=1S/C23H23N3O4/c1-29-20-10-8-18(9-11-20)24-17-4-6-19(7-5-17)25-23(28)16-13-22(27)26(14-16)15-21-3-2-12-30-21/h2-12,16,24H,13-15H2,1H3,(H,25,28). The van der Waals surface area contributed by atoms with Crippen LogP contribution in [0.3, 0.4) is 0 Å². The molecule has 1 fully saturated rings. The highest BCUT2D eigenvalue weighted by Gasteiger charge is 2.34. The molecule has 154 valence electrons. The number of carbonyl (C=O) groups is 2. The average molecular weight is 405 g/mol. The monoisotopic (exact) mass is 405 g/mol. The lowest BCUT2D eigenvalue weighted by molar-refractivity contribution is -0.128. The number of nitrogens with zero attached hydrogens (tertiary/aromatic N) is 1. The summed E-state index contributed by atoms with van der Waals surface area (Å²) >= 11 is 0. The van der Waals surface area contributed by atoms with Gasteiger partial charge in [0.25, 0.3) is 0 Å². The van der Waals surface area contributed by atoms with E-state index in [0.717, 1.165) is 17.1 Å². The number of anilines is 3. The smallest absolute Gasteiger partial charge is 0.229 e. The number of hydrogen-bond donors (Lipinski definition) is 2. The molecule has 0 aliphatic carbocycles. The number of nitrogens with one attached hydrogen (secondary N) is 2. The van der Waals surface area contributed by atoms with Gasteiger partial charge in [0.2, 0.25) is 11.8 Å². The van der Waals surface area contributed by atoms with Crippen molar-refractivity contribution in [2.45, 2.75) is 13.0 Å². The highest BCUT2D eigenvalue weighted by atomic mass is 16.5. The summed E-state index contributed by atoms with van der Waals surface area (Å²) in [6.45, 7) is 0.782. The zero-order valence-corrected chi connectivity index (χ0v) is 16.6. The van der Waals surface area contributed by atoms with Gasteiger partial charge in [-0.3, -0.25) is 9.59 Å². The van der Waals surface area contributed by atoms with Gasteiger partial charge in [0.1, 0.15) is 11.5 Å². The second-order valence-electron chi connectivity index (χ2n) is 7.17. The van der Waals surface area contributed by atoms with E-state index in [-0.39, 0.29) is 24.2 Å². The van der Waals surface area contributed by atoms with Crippen LogP contribution in [-0.4, -0.2) is 30.4 Å². The fourth-order valence-corrected chi connectivity index (χ4v) is 3.41. The van der Waals surface area contributed by atoms with Gasteiger partial charge in [0.15, 0.2) is 0 Å². The quantitative estimate of drug-likeness (QED) is 0.620. The van der Waals surface area contributed by atoms with Gasteiger partial charge in [-0.25, -0.2) is 0 Å². The van der Waals surface area contributed by atoms with Crippen molar-refractivity contribution in [3.63, 3.8) is 0 Å². The molecule has 3 aromatic rings. The molecule has 1 unspecified atom stereocenters. The summed E-state index contributed by atoms with van der Waals surface area (Å²) in [6, 6.07) is 18.7. The Morgan fingerprint density at radius 1 is 1.07 bits per heavy atom. The summed E-state index contributed by atoms with van der Waals surface area (Å²) in [7, 11) is 1.63. The van der Waals surface area contributed by atoms with E-state index in [0.29, 0.717) is 24.5 Å². The SMILES string of the molecule is COc1ccc(Nc2ccc(NC(=O)C3CC(=O)N(Cc4ccco4)C3)cc2)cc1. The van der Waals surface area contributed by atoms with Crippen LogP contribution in [0.5, 0.6) is 5.75 Å². The van der Waals surface area contributed by atoms with Gasteiger partial charge in [0, 0.05) is 30.0 Å². The van der Waals surface area contributed by atoms with Crippen LogP contribution in [-0.2, 0) is 16.1 Å². The lowest BCUT2D eigenvalue weighted by Gasteiger charge is -2.15. The number of benzene rings is 2. The number of furan rings is 1. The van der Waals surface area contributed by atoms with Crippen molar-refractivity contribution in [1.82, 2.24) is 4.90 Å². The van der Waals surface area contributed by atoms with Crippen LogP contribution in [0.15, 0.2) is 71.3 Å². The largest absolute Gasteiger partial charge is 0.497 e. The van der Waals surface area contributed by atoms with Crippen LogP contribution >= 0.6 is 0 Å². The van der Waals surface area contributed by atoms with Crippen LogP contribution in [0.25, 0.3) is 0 Å². The third kappa shape index (κ3) is 4.63. The predicted molar refractivity (Wildman–Crippen MR) is 114 cm³/mol. The Bertz CT molecular complexity index is 998. The summed E-state index contributed by atoms with van der Waals surface area (Å²) in [4.78, 5) is 26.5. The third-order valence-electron chi connectivity index (χ3n) is 5.04. The van der Waals surface area contributed by atoms with E-state index in [9.17, 15) is 9.59 Å². The highest BCUT2D eigenvalue weighted by Crippen LogP contribution is 2.24. The zero-order chi connectivity index (χ0) is 20.9. The molecule has 2 N–H and O–H groups in total. The fraction of sp³-hybridized carbons (Fsp3) is 0.217. The number of carbonyl (C=O) groups excluding carboxylic acids is 2. The minimum absolute atomic E-state index is 0.0365. The number of likely N-dealkylation sites (tertiary alicyclic amines) is 1. The van der Waals surface area contributed by atoms with Gasteiger partial charge in [-0.2, -0.15) is 0 Å². The van der Waals surface area contributed by atoms with Crippen molar-refractivity contribution in [2.24, 2.45) is 5.92 Å². The van der Waals surface area contributed by atoms with Crippen molar-refractivity contribution in [1.29, 1.82) is 0 Å². The minimum Gasteiger partial charge on any atom is -0.497 e. The Morgan fingerprint density at radius 3 is 2.37 bits per heavy atom. The Balaban J connectivity index is 1.31. The summed E-state index contributed by atoms with van der Waals surface area (Å²) in [5.41, 5.74) is 2.53. The molecule has 2 heterocycles. The highest BCUT2D eigenvalue weighted by molar-refractivity contribution is 5.97. The summed E-state index contributed by atoms with van der Waals surface area (Å²) in [5, 5.41) is 6.20. The topological polar surface area (TPSA) is 83.8 Å². The summed E-state index contributed by atoms with van der Waals surface area (Å²) < 4.78 is 10.5. The minimum atomic E-state index is -0.371. The van der Waals surface area contributed by atoms with E-state index in [4.69, 9.17) is 9.15 Å². The average Bonchev–Trinajstić information content (AvgIpc) is 3.40. The fourth-order valence-electron chi connectivity index (χ4n) is 3.41. The molecular weight excluding hydrogens is 382 g/mol. The van der Waals surface area contributed by atoms with Gasteiger partial charge in [0.05, 0.1) is 25.8 Å². The Morgan fingerprint density at radius 2 is 1.73 bits per heavy atom. The molecule has 0 bridgehead atoms. The molecule has 0 spiro atoms. The van der Waals surface area contributed by atoms with E-state index in [1.165, 1.54) is 0 Å². The molecule has 0 saturated carbocycles. The summed E-state index contributed by atoms with van der Waals surface area (Å²) in [5.74, 6) is 0.951. The molecule has 2 amide bonds. The normalized spacial score (nSPS) is 15.8. The van der Waals surface area contributed by atoms with E-state index < -0.39 is 0 Å². The molecule has 7 nitrogen and oxygen atoms in total.